The fourth-order valence-corrected chi connectivity index (χ4v) is 2.14. The van der Waals surface area contributed by atoms with Crippen molar-refractivity contribution in [1.29, 1.82) is 0 Å². The summed E-state index contributed by atoms with van der Waals surface area (Å²) in [4.78, 5) is 11.7. The number of carbonyl (C=O) groups is 1. The van der Waals surface area contributed by atoms with Crippen LogP contribution >= 0.6 is 0 Å². The van der Waals surface area contributed by atoms with Gasteiger partial charge in [0.05, 0.1) is 0 Å². The normalized spacial score (nSPS) is 23.8. The molecule has 0 aromatic carbocycles. The van der Waals surface area contributed by atoms with E-state index in [0.29, 0.717) is 6.42 Å². The molecule has 1 atom stereocenters. The minimum atomic E-state index is -0.0489. The van der Waals surface area contributed by atoms with E-state index in [1.165, 1.54) is 25.7 Å². The van der Waals surface area contributed by atoms with Crippen LogP contribution in [0, 0.1) is 0 Å². The third kappa shape index (κ3) is 7.37. The second-order valence-corrected chi connectivity index (χ2v) is 4.94. The van der Waals surface area contributed by atoms with Crippen molar-refractivity contribution in [3.8, 4) is 0 Å². The van der Waals surface area contributed by atoms with E-state index < -0.39 is 0 Å². The lowest BCUT2D eigenvalue weighted by molar-refractivity contribution is -0.125. The quantitative estimate of drug-likeness (QED) is 0.766. The smallest absolute Gasteiger partial charge is 0.221 e. The number of hydrogen-bond donors (Lipinski definition) is 1. The first kappa shape index (κ1) is 14.5. The highest BCUT2D eigenvalue weighted by molar-refractivity contribution is 5.75. The minimum Gasteiger partial charge on any atom is -0.359 e. The molecule has 100 valence electrons. The second kappa shape index (κ2) is 9.46. The van der Waals surface area contributed by atoms with E-state index in [1.807, 2.05) is 0 Å². The zero-order valence-electron chi connectivity index (χ0n) is 11.2. The van der Waals surface area contributed by atoms with Crippen LogP contribution in [-0.4, -0.2) is 18.7 Å². The molecule has 1 aliphatic heterocycles. The molecule has 0 radical (unpaired) electrons. The van der Waals surface area contributed by atoms with Gasteiger partial charge in [-0.2, -0.15) is 0 Å². The van der Waals surface area contributed by atoms with Crippen LogP contribution in [0.2, 0.25) is 0 Å². The molecule has 1 aliphatic rings. The van der Waals surface area contributed by atoms with E-state index in [1.54, 1.807) is 0 Å². The van der Waals surface area contributed by atoms with Crippen molar-refractivity contribution in [2.75, 3.05) is 6.61 Å². The topological polar surface area (TPSA) is 38.3 Å². The number of ether oxygens (including phenoxy) is 1. The van der Waals surface area contributed by atoms with Crippen molar-refractivity contribution >= 4 is 5.91 Å². The van der Waals surface area contributed by atoms with Gasteiger partial charge in [-0.15, -0.1) is 0 Å². The molecular formula is C14H27NO2. The fourth-order valence-electron chi connectivity index (χ4n) is 2.14. The maximum absolute atomic E-state index is 11.7. The Hall–Kier alpha value is -0.570. The van der Waals surface area contributed by atoms with E-state index in [2.05, 4.69) is 12.2 Å². The summed E-state index contributed by atoms with van der Waals surface area (Å²) in [5, 5.41) is 3.01. The molecule has 3 heteroatoms. The van der Waals surface area contributed by atoms with Gasteiger partial charge < -0.3 is 10.1 Å². The summed E-state index contributed by atoms with van der Waals surface area (Å²) in [7, 11) is 0. The van der Waals surface area contributed by atoms with Gasteiger partial charge in [0.15, 0.2) is 0 Å². The number of carbonyl (C=O) groups excluding carboxylic acids is 1. The average Bonchev–Trinajstić information content (AvgIpc) is 2.35. The number of hydrogen-bond acceptors (Lipinski definition) is 2. The van der Waals surface area contributed by atoms with Gasteiger partial charge in [-0.1, -0.05) is 39.0 Å². The van der Waals surface area contributed by atoms with Crippen LogP contribution in [0.4, 0.5) is 0 Å². The SMILES string of the molecule is CCCCOC1CCCCCCCCC(=O)N1. The van der Waals surface area contributed by atoms with Crippen molar-refractivity contribution in [1.82, 2.24) is 5.32 Å². The van der Waals surface area contributed by atoms with Crippen molar-refractivity contribution < 1.29 is 9.53 Å². The number of nitrogens with one attached hydrogen (secondary N) is 1. The minimum absolute atomic E-state index is 0.0489. The molecule has 1 rings (SSSR count). The van der Waals surface area contributed by atoms with Gasteiger partial charge >= 0.3 is 0 Å². The Balaban J connectivity index is 2.32. The Kier molecular flexibility index (Phi) is 8.06. The van der Waals surface area contributed by atoms with Gasteiger partial charge in [-0.3, -0.25) is 4.79 Å². The lowest BCUT2D eigenvalue weighted by Crippen LogP contribution is -2.37. The van der Waals surface area contributed by atoms with Gasteiger partial charge in [-0.05, 0) is 25.7 Å². The summed E-state index contributed by atoms with van der Waals surface area (Å²) in [5.41, 5.74) is 0. The Morgan fingerprint density at radius 1 is 1.18 bits per heavy atom. The van der Waals surface area contributed by atoms with Gasteiger partial charge in [-0.25, -0.2) is 0 Å². The molecule has 1 fully saturated rings. The Labute approximate surface area is 105 Å². The summed E-state index contributed by atoms with van der Waals surface area (Å²) >= 11 is 0. The zero-order valence-corrected chi connectivity index (χ0v) is 11.2. The van der Waals surface area contributed by atoms with Gasteiger partial charge in [0.2, 0.25) is 5.91 Å². The third-order valence-corrected chi connectivity index (χ3v) is 3.26. The molecule has 0 aromatic heterocycles. The van der Waals surface area contributed by atoms with Gasteiger partial charge in [0.25, 0.3) is 0 Å². The average molecular weight is 241 g/mol. The van der Waals surface area contributed by atoms with E-state index in [-0.39, 0.29) is 12.1 Å². The summed E-state index contributed by atoms with van der Waals surface area (Å²) in [6, 6.07) is 0. The lowest BCUT2D eigenvalue weighted by atomic mass is 10.1. The lowest BCUT2D eigenvalue weighted by Gasteiger charge is -2.19. The highest BCUT2D eigenvalue weighted by atomic mass is 16.5. The Morgan fingerprint density at radius 2 is 1.88 bits per heavy atom. The van der Waals surface area contributed by atoms with Crippen molar-refractivity contribution in [2.45, 2.75) is 77.4 Å². The summed E-state index contributed by atoms with van der Waals surface area (Å²) in [6.07, 6.45) is 11.0. The van der Waals surface area contributed by atoms with Crippen LogP contribution in [0.25, 0.3) is 0 Å². The number of amides is 1. The molecule has 1 heterocycles. The van der Waals surface area contributed by atoms with Crippen LogP contribution < -0.4 is 5.32 Å². The Bertz CT molecular complexity index is 206. The van der Waals surface area contributed by atoms with E-state index in [9.17, 15) is 4.79 Å². The first-order valence-corrected chi connectivity index (χ1v) is 7.24. The van der Waals surface area contributed by atoms with Crippen molar-refractivity contribution in [3.63, 3.8) is 0 Å². The summed E-state index contributed by atoms with van der Waals surface area (Å²) in [6.45, 7) is 2.92. The first-order chi connectivity index (χ1) is 8.33. The van der Waals surface area contributed by atoms with Crippen LogP contribution in [-0.2, 0) is 9.53 Å². The molecule has 0 aliphatic carbocycles. The molecule has 1 amide bonds. The van der Waals surface area contributed by atoms with E-state index >= 15 is 0 Å². The third-order valence-electron chi connectivity index (χ3n) is 3.26. The first-order valence-electron chi connectivity index (χ1n) is 7.24. The molecule has 3 nitrogen and oxygen atoms in total. The van der Waals surface area contributed by atoms with Gasteiger partial charge in [0.1, 0.15) is 6.23 Å². The molecule has 0 spiro atoms. The van der Waals surface area contributed by atoms with Crippen molar-refractivity contribution in [3.05, 3.63) is 0 Å². The zero-order chi connectivity index (χ0) is 12.3. The molecular weight excluding hydrogens is 214 g/mol. The maximum Gasteiger partial charge on any atom is 0.221 e. The monoisotopic (exact) mass is 241 g/mol. The largest absolute Gasteiger partial charge is 0.359 e. The molecule has 17 heavy (non-hydrogen) atoms. The number of unbranched alkanes of at least 4 members (excludes halogenated alkanes) is 1. The molecule has 1 unspecified atom stereocenters. The van der Waals surface area contributed by atoms with Crippen LogP contribution in [0.5, 0.6) is 0 Å². The summed E-state index contributed by atoms with van der Waals surface area (Å²) in [5.74, 6) is 0.161. The highest BCUT2D eigenvalue weighted by Gasteiger charge is 2.13. The standard InChI is InChI=1S/C14H27NO2/c1-2-3-12-17-14-11-9-7-5-4-6-8-10-13(16)15-14/h14H,2-12H2,1H3,(H,15,16). The molecule has 1 N–H and O–H groups in total. The Morgan fingerprint density at radius 3 is 2.65 bits per heavy atom. The maximum atomic E-state index is 11.7. The predicted molar refractivity (Wildman–Crippen MR) is 69.7 cm³/mol. The molecule has 0 aromatic rings. The van der Waals surface area contributed by atoms with Crippen LogP contribution in [0.15, 0.2) is 0 Å². The van der Waals surface area contributed by atoms with E-state index in [4.69, 9.17) is 4.74 Å². The predicted octanol–water partition coefficient (Wildman–Crippen LogP) is 3.38. The van der Waals surface area contributed by atoms with Crippen LogP contribution in [0.3, 0.4) is 0 Å². The summed E-state index contributed by atoms with van der Waals surface area (Å²) < 4.78 is 5.73. The molecule has 0 saturated carbocycles. The van der Waals surface area contributed by atoms with Crippen molar-refractivity contribution in [2.24, 2.45) is 0 Å². The van der Waals surface area contributed by atoms with Gasteiger partial charge in [0, 0.05) is 13.0 Å². The molecule has 0 bridgehead atoms. The van der Waals surface area contributed by atoms with E-state index in [0.717, 1.165) is 38.7 Å². The molecule has 1 saturated heterocycles. The fraction of sp³-hybridized carbons (Fsp3) is 0.929. The second-order valence-electron chi connectivity index (χ2n) is 4.94. The van der Waals surface area contributed by atoms with Crippen LogP contribution in [0.1, 0.15) is 71.1 Å². The number of rotatable bonds is 4. The highest BCUT2D eigenvalue weighted by Crippen LogP contribution is 2.13.